The van der Waals surface area contributed by atoms with Crippen molar-refractivity contribution in [3.05, 3.63) is 28.2 Å². The summed E-state index contributed by atoms with van der Waals surface area (Å²) in [7, 11) is -3.21. The van der Waals surface area contributed by atoms with E-state index in [9.17, 15) is 13.5 Å². The Morgan fingerprint density at radius 1 is 1.35 bits per heavy atom. The average molecular weight is 365 g/mol. The predicted octanol–water partition coefficient (Wildman–Crippen LogP) is 3.09. The van der Waals surface area contributed by atoms with Crippen molar-refractivity contribution < 1.29 is 18.3 Å². The minimum absolute atomic E-state index is 0.0498. The summed E-state index contributed by atoms with van der Waals surface area (Å²) in [5.41, 5.74) is 0.632. The van der Waals surface area contributed by atoms with E-state index in [2.05, 4.69) is 15.9 Å². The Bertz CT molecular complexity index is 559. The monoisotopic (exact) mass is 364 g/mol. The topological polar surface area (TPSA) is 63.6 Å². The van der Waals surface area contributed by atoms with E-state index in [4.69, 9.17) is 4.74 Å². The van der Waals surface area contributed by atoms with E-state index in [1.54, 1.807) is 45.9 Å². The lowest BCUT2D eigenvalue weighted by Crippen LogP contribution is -2.32. The summed E-state index contributed by atoms with van der Waals surface area (Å²) in [4.78, 5) is 0. The quantitative estimate of drug-likeness (QED) is 0.871. The maximum absolute atomic E-state index is 12.0. The van der Waals surface area contributed by atoms with Crippen LogP contribution in [0.4, 0.5) is 0 Å². The molecular formula is C14H21BrO4S. The van der Waals surface area contributed by atoms with Crippen molar-refractivity contribution in [1.82, 2.24) is 0 Å². The lowest BCUT2D eigenvalue weighted by molar-refractivity contribution is 0.192. The maximum atomic E-state index is 12.0. The fraction of sp³-hybridized carbons (Fsp3) is 0.571. The van der Waals surface area contributed by atoms with Crippen LogP contribution in [0.5, 0.6) is 5.75 Å². The molecule has 4 nitrogen and oxygen atoms in total. The molecule has 1 unspecified atom stereocenters. The van der Waals surface area contributed by atoms with Gasteiger partial charge < -0.3 is 9.84 Å². The Morgan fingerprint density at radius 2 is 1.95 bits per heavy atom. The molecule has 0 radical (unpaired) electrons. The van der Waals surface area contributed by atoms with Crippen LogP contribution in [-0.4, -0.2) is 30.6 Å². The zero-order valence-electron chi connectivity index (χ0n) is 12.2. The summed E-state index contributed by atoms with van der Waals surface area (Å²) in [5.74, 6) is 0.457. The number of ether oxygens (including phenoxy) is 1. The maximum Gasteiger partial charge on any atom is 0.158 e. The lowest BCUT2D eigenvalue weighted by atomic mass is 10.1. The minimum Gasteiger partial charge on any atom is -0.492 e. The van der Waals surface area contributed by atoms with Gasteiger partial charge in [0.05, 0.1) is 16.6 Å². The first-order chi connectivity index (χ1) is 9.04. The molecular weight excluding hydrogens is 344 g/mol. The zero-order valence-corrected chi connectivity index (χ0v) is 14.6. The van der Waals surface area contributed by atoms with Crippen molar-refractivity contribution >= 4 is 25.8 Å². The Hall–Kier alpha value is -0.590. The van der Waals surface area contributed by atoms with Gasteiger partial charge in [0.1, 0.15) is 12.4 Å². The molecule has 0 saturated heterocycles. The number of halogens is 1. The third kappa shape index (κ3) is 4.46. The van der Waals surface area contributed by atoms with Crippen molar-refractivity contribution in [1.29, 1.82) is 0 Å². The van der Waals surface area contributed by atoms with Gasteiger partial charge in [0.2, 0.25) is 0 Å². The molecule has 1 aromatic carbocycles. The molecule has 0 spiro atoms. The van der Waals surface area contributed by atoms with Crippen LogP contribution in [0.3, 0.4) is 0 Å². The standard InChI is InChI=1S/C14H21BrO4S/c1-10(16)12-9-11(15)5-6-13(12)19-7-8-20(17,18)14(2,3)4/h5-6,9-10,16H,7-8H2,1-4H3. The molecule has 0 saturated carbocycles. The molecule has 20 heavy (non-hydrogen) atoms. The van der Waals surface area contributed by atoms with Gasteiger partial charge in [0, 0.05) is 10.0 Å². The summed E-state index contributed by atoms with van der Waals surface area (Å²) in [6.45, 7) is 6.72. The van der Waals surface area contributed by atoms with Gasteiger partial charge in [-0.25, -0.2) is 8.42 Å². The molecule has 1 atom stereocenters. The van der Waals surface area contributed by atoms with Crippen molar-refractivity contribution in [2.75, 3.05) is 12.4 Å². The van der Waals surface area contributed by atoms with E-state index in [0.29, 0.717) is 11.3 Å². The van der Waals surface area contributed by atoms with Gasteiger partial charge >= 0.3 is 0 Å². The summed E-state index contributed by atoms with van der Waals surface area (Å²) >= 11 is 3.33. The Kier molecular flexibility index (Phi) is 5.63. The summed E-state index contributed by atoms with van der Waals surface area (Å²) in [5, 5.41) is 9.70. The second kappa shape index (κ2) is 6.45. The smallest absolute Gasteiger partial charge is 0.158 e. The van der Waals surface area contributed by atoms with Crippen molar-refractivity contribution in [2.24, 2.45) is 0 Å². The molecule has 0 fully saturated rings. The molecule has 1 N–H and O–H groups in total. The van der Waals surface area contributed by atoms with Crippen LogP contribution in [-0.2, 0) is 9.84 Å². The molecule has 1 aromatic rings. The van der Waals surface area contributed by atoms with Gasteiger partial charge in [0.25, 0.3) is 0 Å². The second-order valence-electron chi connectivity index (χ2n) is 5.64. The van der Waals surface area contributed by atoms with Gasteiger partial charge in [-0.3, -0.25) is 0 Å². The van der Waals surface area contributed by atoms with Gasteiger partial charge in [-0.1, -0.05) is 15.9 Å². The van der Waals surface area contributed by atoms with E-state index < -0.39 is 20.7 Å². The van der Waals surface area contributed by atoms with Crippen LogP contribution in [0.2, 0.25) is 0 Å². The molecule has 0 aromatic heterocycles. The van der Waals surface area contributed by atoms with E-state index in [-0.39, 0.29) is 12.4 Å². The van der Waals surface area contributed by atoms with Gasteiger partial charge in [-0.2, -0.15) is 0 Å². The van der Waals surface area contributed by atoms with E-state index in [1.807, 2.05) is 0 Å². The number of rotatable bonds is 5. The second-order valence-corrected chi connectivity index (χ2v) is 9.42. The fourth-order valence-corrected chi connectivity index (χ4v) is 2.84. The highest BCUT2D eigenvalue weighted by molar-refractivity contribution is 9.10. The first kappa shape index (κ1) is 17.5. The summed E-state index contributed by atoms with van der Waals surface area (Å²) in [6.07, 6.45) is -0.679. The Labute approximate surface area is 129 Å². The number of aliphatic hydroxyl groups excluding tert-OH is 1. The molecule has 1 rings (SSSR count). The van der Waals surface area contributed by atoms with Gasteiger partial charge in [-0.15, -0.1) is 0 Å². The zero-order chi connectivity index (χ0) is 15.6. The molecule has 0 bridgehead atoms. The minimum atomic E-state index is -3.21. The molecule has 114 valence electrons. The van der Waals surface area contributed by atoms with Crippen molar-refractivity contribution in [2.45, 2.75) is 38.5 Å². The molecule has 6 heteroatoms. The van der Waals surface area contributed by atoms with Crippen LogP contribution in [0.25, 0.3) is 0 Å². The van der Waals surface area contributed by atoms with E-state index in [1.165, 1.54) is 0 Å². The highest BCUT2D eigenvalue weighted by atomic mass is 79.9. The summed E-state index contributed by atoms with van der Waals surface area (Å²) < 4.78 is 29.5. The first-order valence-electron chi connectivity index (χ1n) is 6.37. The third-order valence-electron chi connectivity index (χ3n) is 2.96. The fourth-order valence-electron chi connectivity index (χ4n) is 1.54. The highest BCUT2D eigenvalue weighted by Gasteiger charge is 2.28. The number of hydrogen-bond acceptors (Lipinski definition) is 4. The van der Waals surface area contributed by atoms with Crippen LogP contribution < -0.4 is 4.74 Å². The molecule has 0 aliphatic heterocycles. The predicted molar refractivity (Wildman–Crippen MR) is 83.8 cm³/mol. The number of aliphatic hydroxyl groups is 1. The SMILES string of the molecule is CC(O)c1cc(Br)ccc1OCCS(=O)(=O)C(C)(C)C. The Morgan fingerprint density at radius 3 is 2.45 bits per heavy atom. The third-order valence-corrected chi connectivity index (χ3v) is 6.03. The van der Waals surface area contributed by atoms with E-state index in [0.717, 1.165) is 4.47 Å². The molecule has 0 aliphatic carbocycles. The summed E-state index contributed by atoms with van der Waals surface area (Å²) in [6, 6.07) is 5.27. The largest absolute Gasteiger partial charge is 0.492 e. The number of benzene rings is 1. The van der Waals surface area contributed by atoms with Crippen molar-refractivity contribution in [3.8, 4) is 5.75 Å². The van der Waals surface area contributed by atoms with Crippen LogP contribution in [0, 0.1) is 0 Å². The van der Waals surface area contributed by atoms with E-state index >= 15 is 0 Å². The number of hydrogen-bond donors (Lipinski definition) is 1. The van der Waals surface area contributed by atoms with Crippen LogP contribution >= 0.6 is 15.9 Å². The Balaban J connectivity index is 2.77. The van der Waals surface area contributed by atoms with Gasteiger partial charge in [-0.05, 0) is 45.9 Å². The first-order valence-corrected chi connectivity index (χ1v) is 8.82. The molecule has 0 heterocycles. The normalized spacial score (nSPS) is 14.1. The van der Waals surface area contributed by atoms with Crippen LogP contribution in [0.15, 0.2) is 22.7 Å². The van der Waals surface area contributed by atoms with Crippen molar-refractivity contribution in [3.63, 3.8) is 0 Å². The molecule has 0 aliphatic rings. The molecule has 0 amide bonds. The lowest BCUT2D eigenvalue weighted by Gasteiger charge is -2.20. The van der Waals surface area contributed by atoms with Crippen LogP contribution in [0.1, 0.15) is 39.4 Å². The highest BCUT2D eigenvalue weighted by Crippen LogP contribution is 2.28. The number of sulfone groups is 1. The van der Waals surface area contributed by atoms with Gasteiger partial charge in [0.15, 0.2) is 9.84 Å². The average Bonchev–Trinajstić information content (AvgIpc) is 2.29.